The smallest absolute Gasteiger partial charge is 0.184 e. The normalized spacial score (nSPS) is 40.7. The summed E-state index contributed by atoms with van der Waals surface area (Å²) >= 11 is 0. The zero-order valence-electron chi connectivity index (χ0n) is 9.55. The van der Waals surface area contributed by atoms with E-state index >= 15 is 0 Å². The first kappa shape index (κ1) is 12.6. The van der Waals surface area contributed by atoms with Crippen LogP contribution in [0.25, 0.3) is 10.4 Å². The maximum absolute atomic E-state index is 9.67. The van der Waals surface area contributed by atoms with E-state index in [2.05, 4.69) is 10.0 Å². The van der Waals surface area contributed by atoms with Gasteiger partial charge < -0.3 is 24.4 Å². The Morgan fingerprint density at radius 1 is 1.41 bits per heavy atom. The zero-order valence-corrected chi connectivity index (χ0v) is 9.55. The Balaban J connectivity index is 2.17. The molecule has 0 bridgehead atoms. The lowest BCUT2D eigenvalue weighted by Gasteiger charge is -2.24. The average molecular weight is 245 g/mol. The molecule has 2 saturated heterocycles. The van der Waals surface area contributed by atoms with Gasteiger partial charge >= 0.3 is 0 Å². The standard InChI is InChI=1S/C9H15N3O5/c1-9(2)16-6-5(4(3-13)11-12-10)15-8(14)7(6)17-9/h4-8,13-14H,3H2,1-2H3/t4-,5-,6+,7+,8?/m1/s1. The molecule has 0 aromatic heterocycles. The first-order chi connectivity index (χ1) is 7.98. The van der Waals surface area contributed by atoms with Gasteiger partial charge in [0, 0.05) is 4.91 Å². The van der Waals surface area contributed by atoms with Crippen molar-refractivity contribution in [2.24, 2.45) is 5.11 Å². The van der Waals surface area contributed by atoms with Gasteiger partial charge in [-0.25, -0.2) is 0 Å². The molecule has 2 aliphatic rings. The Hall–Kier alpha value is -0.890. The van der Waals surface area contributed by atoms with Crippen LogP contribution in [0.15, 0.2) is 5.11 Å². The molecule has 2 heterocycles. The molecular formula is C9H15N3O5. The Labute approximate surface area is 97.7 Å². The highest BCUT2D eigenvalue weighted by molar-refractivity contribution is 4.99. The van der Waals surface area contributed by atoms with E-state index in [9.17, 15) is 5.11 Å². The number of aliphatic hydroxyl groups is 2. The molecule has 17 heavy (non-hydrogen) atoms. The van der Waals surface area contributed by atoms with Gasteiger partial charge in [-0.15, -0.1) is 0 Å². The molecular weight excluding hydrogens is 230 g/mol. The van der Waals surface area contributed by atoms with Crippen molar-refractivity contribution in [3.8, 4) is 0 Å². The van der Waals surface area contributed by atoms with Gasteiger partial charge in [0.05, 0.1) is 12.6 Å². The molecule has 1 unspecified atom stereocenters. The molecule has 0 radical (unpaired) electrons. The monoisotopic (exact) mass is 245 g/mol. The van der Waals surface area contributed by atoms with Crippen molar-refractivity contribution in [3.63, 3.8) is 0 Å². The number of nitrogens with zero attached hydrogens (tertiary/aromatic N) is 3. The third-order valence-corrected chi connectivity index (χ3v) is 2.83. The van der Waals surface area contributed by atoms with Gasteiger partial charge in [-0.3, -0.25) is 0 Å². The minimum absolute atomic E-state index is 0.381. The van der Waals surface area contributed by atoms with Crippen LogP contribution in [0.1, 0.15) is 13.8 Å². The van der Waals surface area contributed by atoms with Crippen LogP contribution in [0.5, 0.6) is 0 Å². The van der Waals surface area contributed by atoms with Crippen molar-refractivity contribution in [2.75, 3.05) is 6.61 Å². The summed E-state index contributed by atoms with van der Waals surface area (Å²) in [5, 5.41) is 22.2. The lowest BCUT2D eigenvalue weighted by atomic mass is 10.1. The van der Waals surface area contributed by atoms with E-state index in [1.54, 1.807) is 13.8 Å². The maximum atomic E-state index is 9.67. The van der Waals surface area contributed by atoms with Crippen LogP contribution < -0.4 is 0 Å². The van der Waals surface area contributed by atoms with Gasteiger partial charge in [0.1, 0.15) is 18.3 Å². The third-order valence-electron chi connectivity index (χ3n) is 2.83. The van der Waals surface area contributed by atoms with E-state index in [1.165, 1.54) is 0 Å². The van der Waals surface area contributed by atoms with E-state index in [-0.39, 0.29) is 6.61 Å². The van der Waals surface area contributed by atoms with Crippen molar-refractivity contribution in [1.29, 1.82) is 0 Å². The minimum atomic E-state index is -1.14. The van der Waals surface area contributed by atoms with Gasteiger partial charge in [-0.2, -0.15) is 0 Å². The molecule has 2 aliphatic heterocycles. The van der Waals surface area contributed by atoms with Crippen molar-refractivity contribution in [1.82, 2.24) is 0 Å². The largest absolute Gasteiger partial charge is 0.396 e. The van der Waals surface area contributed by atoms with Crippen LogP contribution in [-0.4, -0.2) is 53.3 Å². The molecule has 8 heteroatoms. The summed E-state index contributed by atoms with van der Waals surface area (Å²) in [4.78, 5) is 2.63. The highest BCUT2D eigenvalue weighted by atomic mass is 16.8. The second-order valence-electron chi connectivity index (χ2n) is 4.51. The van der Waals surface area contributed by atoms with Gasteiger partial charge in [0.2, 0.25) is 0 Å². The maximum Gasteiger partial charge on any atom is 0.184 e. The molecule has 8 nitrogen and oxygen atoms in total. The Morgan fingerprint density at radius 2 is 2.06 bits per heavy atom. The summed E-state index contributed by atoms with van der Waals surface area (Å²) in [6.45, 7) is 3.06. The van der Waals surface area contributed by atoms with Crippen LogP contribution in [0.2, 0.25) is 0 Å². The molecule has 2 rings (SSSR count). The quantitative estimate of drug-likeness (QED) is 0.409. The van der Waals surface area contributed by atoms with Crippen LogP contribution in [-0.2, 0) is 14.2 Å². The van der Waals surface area contributed by atoms with Crippen LogP contribution in [0, 0.1) is 0 Å². The fourth-order valence-electron chi connectivity index (χ4n) is 2.19. The van der Waals surface area contributed by atoms with Crippen LogP contribution >= 0.6 is 0 Å². The molecule has 0 aromatic carbocycles. The SMILES string of the molecule is CC1(C)O[C@H]2[C@@H]([C@@H](CO)N=[N+]=[N-])OC(O)[C@H]2O1. The number of fused-ring (bicyclic) bond motifs is 1. The van der Waals surface area contributed by atoms with Crippen LogP contribution in [0.3, 0.4) is 0 Å². The Bertz CT molecular complexity index is 344. The third kappa shape index (κ3) is 2.23. The van der Waals surface area contributed by atoms with Crippen molar-refractivity contribution < 1.29 is 24.4 Å². The summed E-state index contributed by atoms with van der Waals surface area (Å²) < 4.78 is 16.3. The first-order valence-corrected chi connectivity index (χ1v) is 5.33. The predicted octanol–water partition coefficient (Wildman–Crippen LogP) is -0.105. The molecule has 96 valence electrons. The molecule has 0 saturated carbocycles. The number of aliphatic hydroxyl groups excluding tert-OH is 2. The molecule has 0 amide bonds. The zero-order chi connectivity index (χ0) is 12.6. The minimum Gasteiger partial charge on any atom is -0.396 e. The van der Waals surface area contributed by atoms with Gasteiger partial charge in [0.15, 0.2) is 12.1 Å². The van der Waals surface area contributed by atoms with Crippen molar-refractivity contribution in [2.45, 2.75) is 50.3 Å². The molecule has 5 atom stereocenters. The predicted molar refractivity (Wildman–Crippen MR) is 54.7 cm³/mol. The molecule has 2 fully saturated rings. The van der Waals surface area contributed by atoms with Gasteiger partial charge in [-0.1, -0.05) is 5.11 Å². The van der Waals surface area contributed by atoms with Gasteiger partial charge in [0.25, 0.3) is 0 Å². The first-order valence-electron chi connectivity index (χ1n) is 5.33. The van der Waals surface area contributed by atoms with Crippen LogP contribution in [0.4, 0.5) is 0 Å². The highest BCUT2D eigenvalue weighted by Gasteiger charge is 2.56. The lowest BCUT2D eigenvalue weighted by molar-refractivity contribution is -0.222. The number of azide groups is 1. The molecule has 2 N–H and O–H groups in total. The number of hydrogen-bond donors (Lipinski definition) is 2. The van der Waals surface area contributed by atoms with Crippen molar-refractivity contribution in [3.05, 3.63) is 10.4 Å². The van der Waals surface area contributed by atoms with E-state index in [4.69, 9.17) is 24.8 Å². The van der Waals surface area contributed by atoms with E-state index in [0.717, 1.165) is 0 Å². The topological polar surface area (TPSA) is 117 Å². The summed E-state index contributed by atoms with van der Waals surface area (Å²) in [5.41, 5.74) is 8.39. The van der Waals surface area contributed by atoms with E-state index < -0.39 is 36.4 Å². The number of rotatable bonds is 3. The summed E-state index contributed by atoms with van der Waals surface area (Å²) in [5.74, 6) is -0.825. The molecule has 0 aromatic rings. The lowest BCUT2D eigenvalue weighted by Crippen LogP contribution is -2.39. The summed E-state index contributed by atoms with van der Waals surface area (Å²) in [7, 11) is 0. The van der Waals surface area contributed by atoms with E-state index in [1.807, 2.05) is 0 Å². The Morgan fingerprint density at radius 3 is 2.65 bits per heavy atom. The Kier molecular flexibility index (Phi) is 3.26. The summed E-state index contributed by atoms with van der Waals surface area (Å²) in [6, 6.07) is -0.804. The molecule has 0 spiro atoms. The van der Waals surface area contributed by atoms with Crippen molar-refractivity contribution >= 4 is 0 Å². The highest BCUT2D eigenvalue weighted by Crippen LogP contribution is 2.39. The number of hydrogen-bond acceptors (Lipinski definition) is 6. The average Bonchev–Trinajstić information content (AvgIpc) is 2.71. The fourth-order valence-corrected chi connectivity index (χ4v) is 2.19. The second-order valence-corrected chi connectivity index (χ2v) is 4.51. The van der Waals surface area contributed by atoms with E-state index in [0.29, 0.717) is 0 Å². The van der Waals surface area contributed by atoms with Gasteiger partial charge in [-0.05, 0) is 19.4 Å². The second kappa shape index (κ2) is 4.41. The molecule has 0 aliphatic carbocycles. The fraction of sp³-hybridized carbons (Fsp3) is 1.00. The summed E-state index contributed by atoms with van der Waals surface area (Å²) in [6.07, 6.45) is -3.03. The number of ether oxygens (including phenoxy) is 3.